The van der Waals surface area contributed by atoms with Crippen LogP contribution in [-0.4, -0.2) is 37.9 Å². The Morgan fingerprint density at radius 3 is 2.35 bits per heavy atom. The van der Waals surface area contributed by atoms with E-state index in [1.54, 1.807) is 27.4 Å². The molecule has 1 aliphatic heterocycles. The van der Waals surface area contributed by atoms with Gasteiger partial charge in [-0.25, -0.2) is 0 Å². The summed E-state index contributed by atoms with van der Waals surface area (Å²) in [5, 5.41) is 11.3. The third-order valence-electron chi connectivity index (χ3n) is 5.81. The van der Waals surface area contributed by atoms with Crippen LogP contribution in [0.3, 0.4) is 0 Å². The van der Waals surface area contributed by atoms with Gasteiger partial charge in [0.15, 0.2) is 23.0 Å². The Morgan fingerprint density at radius 2 is 1.65 bits per heavy atom. The Balaban J connectivity index is 1.81. The van der Waals surface area contributed by atoms with Crippen molar-refractivity contribution in [1.29, 1.82) is 0 Å². The number of methoxy groups -OCH3 is 3. The van der Waals surface area contributed by atoms with Crippen LogP contribution in [-0.2, 0) is 13.0 Å². The number of fused-ring (bicyclic) bond motifs is 1. The Kier molecular flexibility index (Phi) is 6.25. The van der Waals surface area contributed by atoms with Gasteiger partial charge in [0.2, 0.25) is 0 Å². The molecule has 4 rings (SSSR count). The first-order chi connectivity index (χ1) is 15.0. The predicted molar refractivity (Wildman–Crippen MR) is 122 cm³/mol. The van der Waals surface area contributed by atoms with Gasteiger partial charge >= 0.3 is 0 Å². The first kappa shape index (κ1) is 21.3. The van der Waals surface area contributed by atoms with Crippen molar-refractivity contribution in [1.82, 2.24) is 4.90 Å². The standard InChI is InChI=1S/C25H26ClNO4/c1-29-21-9-5-7-18(25(21)28)15-27-11-10-16-13-22(30-2)23(31-3)14-20(16)24(27)17-6-4-8-19(26)12-17/h4-9,12-14,24,28H,10-11,15H2,1-3H3. The molecule has 0 saturated carbocycles. The lowest BCUT2D eigenvalue weighted by atomic mass is 9.87. The van der Waals surface area contributed by atoms with Crippen LogP contribution in [0.5, 0.6) is 23.0 Å². The molecule has 1 unspecified atom stereocenters. The van der Waals surface area contributed by atoms with Crippen LogP contribution in [0.15, 0.2) is 54.6 Å². The summed E-state index contributed by atoms with van der Waals surface area (Å²) in [6.07, 6.45) is 0.859. The minimum atomic E-state index is -0.0483. The lowest BCUT2D eigenvalue weighted by Crippen LogP contribution is -2.35. The van der Waals surface area contributed by atoms with Crippen LogP contribution in [0.2, 0.25) is 5.02 Å². The summed E-state index contributed by atoms with van der Waals surface area (Å²) in [6.45, 7) is 1.38. The molecular formula is C25H26ClNO4. The molecular weight excluding hydrogens is 414 g/mol. The zero-order valence-corrected chi connectivity index (χ0v) is 18.6. The predicted octanol–water partition coefficient (Wildman–Crippen LogP) is 5.22. The first-order valence-corrected chi connectivity index (χ1v) is 10.5. The number of aromatic hydroxyl groups is 1. The van der Waals surface area contributed by atoms with Gasteiger partial charge in [0, 0.05) is 23.7 Å². The van der Waals surface area contributed by atoms with Crippen molar-refractivity contribution in [2.75, 3.05) is 27.9 Å². The van der Waals surface area contributed by atoms with Gasteiger partial charge in [-0.15, -0.1) is 0 Å². The van der Waals surface area contributed by atoms with Crippen molar-refractivity contribution < 1.29 is 19.3 Å². The molecule has 3 aromatic rings. The number of benzene rings is 3. The molecule has 0 bridgehead atoms. The third-order valence-corrected chi connectivity index (χ3v) is 6.05. The SMILES string of the molecule is COc1cc2c(cc1OC)C(c1cccc(Cl)c1)N(Cc1cccc(OC)c1O)CC2. The molecule has 1 heterocycles. The average Bonchev–Trinajstić information content (AvgIpc) is 2.79. The maximum Gasteiger partial charge on any atom is 0.162 e. The van der Waals surface area contributed by atoms with E-state index in [9.17, 15) is 5.11 Å². The summed E-state index contributed by atoms with van der Waals surface area (Å²) in [4.78, 5) is 2.34. The van der Waals surface area contributed by atoms with E-state index in [-0.39, 0.29) is 11.8 Å². The van der Waals surface area contributed by atoms with Crippen molar-refractivity contribution in [2.24, 2.45) is 0 Å². The summed E-state index contributed by atoms with van der Waals surface area (Å²) in [5.41, 5.74) is 4.26. The number of nitrogens with zero attached hydrogens (tertiary/aromatic N) is 1. The molecule has 1 atom stereocenters. The van der Waals surface area contributed by atoms with Crippen LogP contribution in [0.1, 0.15) is 28.3 Å². The highest BCUT2D eigenvalue weighted by atomic mass is 35.5. The van der Waals surface area contributed by atoms with Crippen molar-refractivity contribution in [3.63, 3.8) is 0 Å². The summed E-state index contributed by atoms with van der Waals surface area (Å²) in [6, 6.07) is 17.6. The highest BCUT2D eigenvalue weighted by molar-refractivity contribution is 6.30. The number of halogens is 1. The fourth-order valence-corrected chi connectivity index (χ4v) is 4.51. The number of phenols is 1. The second-order valence-corrected chi connectivity index (χ2v) is 7.99. The smallest absolute Gasteiger partial charge is 0.162 e. The fourth-order valence-electron chi connectivity index (χ4n) is 4.31. The van der Waals surface area contributed by atoms with Crippen molar-refractivity contribution >= 4 is 11.6 Å². The monoisotopic (exact) mass is 439 g/mol. The molecule has 6 heteroatoms. The fraction of sp³-hybridized carbons (Fsp3) is 0.280. The zero-order valence-electron chi connectivity index (χ0n) is 17.9. The zero-order chi connectivity index (χ0) is 22.0. The molecule has 5 nitrogen and oxygen atoms in total. The molecule has 0 fully saturated rings. The largest absolute Gasteiger partial charge is 0.504 e. The van der Waals surface area contributed by atoms with E-state index in [2.05, 4.69) is 23.1 Å². The number of ether oxygens (including phenoxy) is 3. The minimum Gasteiger partial charge on any atom is -0.504 e. The quantitative estimate of drug-likeness (QED) is 0.570. The molecule has 0 aliphatic carbocycles. The molecule has 31 heavy (non-hydrogen) atoms. The van der Waals surface area contributed by atoms with Gasteiger partial charge < -0.3 is 19.3 Å². The normalized spacial score (nSPS) is 15.9. The van der Waals surface area contributed by atoms with Gasteiger partial charge in [-0.2, -0.15) is 0 Å². The van der Waals surface area contributed by atoms with E-state index >= 15 is 0 Å². The number of rotatable bonds is 6. The van der Waals surface area contributed by atoms with Gasteiger partial charge in [-0.3, -0.25) is 4.90 Å². The molecule has 1 N–H and O–H groups in total. The first-order valence-electron chi connectivity index (χ1n) is 10.1. The second kappa shape index (κ2) is 9.08. The highest BCUT2D eigenvalue weighted by Crippen LogP contribution is 2.43. The number of hydrogen-bond donors (Lipinski definition) is 1. The number of phenolic OH excluding ortho intramolecular Hbond substituents is 1. The summed E-state index contributed by atoms with van der Waals surface area (Å²) < 4.78 is 16.4. The molecule has 0 spiro atoms. The minimum absolute atomic E-state index is 0.0483. The number of para-hydroxylation sites is 1. The van der Waals surface area contributed by atoms with Gasteiger partial charge in [-0.1, -0.05) is 35.9 Å². The molecule has 0 radical (unpaired) electrons. The Labute approximate surface area is 187 Å². The van der Waals surface area contributed by atoms with Gasteiger partial charge in [0.05, 0.1) is 27.4 Å². The maximum atomic E-state index is 10.7. The Bertz CT molecular complexity index is 1090. The molecule has 3 aromatic carbocycles. The van der Waals surface area contributed by atoms with E-state index in [4.69, 9.17) is 25.8 Å². The summed E-state index contributed by atoms with van der Waals surface area (Å²) >= 11 is 6.35. The maximum absolute atomic E-state index is 10.7. The Morgan fingerprint density at radius 1 is 0.935 bits per heavy atom. The summed E-state index contributed by atoms with van der Waals surface area (Å²) in [7, 11) is 4.86. The van der Waals surface area contributed by atoms with Gasteiger partial charge in [0.1, 0.15) is 0 Å². The molecule has 0 aromatic heterocycles. The van der Waals surface area contributed by atoms with Gasteiger partial charge in [0.25, 0.3) is 0 Å². The van der Waals surface area contributed by atoms with Crippen LogP contribution >= 0.6 is 11.6 Å². The van der Waals surface area contributed by atoms with Crippen molar-refractivity contribution in [3.8, 4) is 23.0 Å². The molecule has 0 saturated heterocycles. The number of hydrogen-bond acceptors (Lipinski definition) is 5. The molecule has 1 aliphatic rings. The topological polar surface area (TPSA) is 51.2 Å². The van der Waals surface area contributed by atoms with Crippen LogP contribution in [0.4, 0.5) is 0 Å². The lowest BCUT2D eigenvalue weighted by Gasteiger charge is -2.38. The average molecular weight is 440 g/mol. The van der Waals surface area contributed by atoms with E-state index < -0.39 is 0 Å². The Hall–Kier alpha value is -2.89. The summed E-state index contributed by atoms with van der Waals surface area (Å²) in [5.74, 6) is 2.07. The van der Waals surface area contributed by atoms with Gasteiger partial charge in [-0.05, 0) is 53.4 Å². The van der Waals surface area contributed by atoms with E-state index in [1.165, 1.54) is 5.56 Å². The van der Waals surface area contributed by atoms with E-state index in [0.717, 1.165) is 35.4 Å². The van der Waals surface area contributed by atoms with Crippen LogP contribution in [0.25, 0.3) is 0 Å². The molecule has 162 valence electrons. The van der Waals surface area contributed by atoms with Crippen molar-refractivity contribution in [2.45, 2.75) is 19.0 Å². The van der Waals surface area contributed by atoms with E-state index in [1.807, 2.05) is 30.3 Å². The second-order valence-electron chi connectivity index (χ2n) is 7.55. The molecule has 0 amide bonds. The third kappa shape index (κ3) is 4.16. The van der Waals surface area contributed by atoms with E-state index in [0.29, 0.717) is 23.1 Å². The van der Waals surface area contributed by atoms with Crippen molar-refractivity contribution in [3.05, 3.63) is 81.9 Å². The highest BCUT2D eigenvalue weighted by Gasteiger charge is 2.31. The van der Waals surface area contributed by atoms with Crippen LogP contribution in [0, 0.1) is 0 Å². The lowest BCUT2D eigenvalue weighted by molar-refractivity contribution is 0.200. The van der Waals surface area contributed by atoms with Crippen LogP contribution < -0.4 is 14.2 Å².